The highest BCUT2D eigenvalue weighted by atomic mass is 16.3. The second kappa shape index (κ2) is 6.73. The van der Waals surface area contributed by atoms with Crippen molar-refractivity contribution >= 4 is 0 Å². The van der Waals surface area contributed by atoms with Gasteiger partial charge < -0.3 is 10.4 Å². The van der Waals surface area contributed by atoms with Crippen LogP contribution in [0.15, 0.2) is 30.3 Å². The molecule has 1 atom stereocenters. The van der Waals surface area contributed by atoms with Crippen molar-refractivity contribution in [1.29, 1.82) is 0 Å². The normalized spacial score (nSPS) is 29.4. The van der Waals surface area contributed by atoms with E-state index in [2.05, 4.69) is 35.6 Å². The van der Waals surface area contributed by atoms with Crippen molar-refractivity contribution in [3.05, 3.63) is 35.9 Å². The molecule has 110 valence electrons. The van der Waals surface area contributed by atoms with Crippen LogP contribution in [0.5, 0.6) is 0 Å². The molecule has 0 bridgehead atoms. The number of hydrogen-bond donors (Lipinski definition) is 2. The molecule has 0 aliphatic heterocycles. The molecular formula is C18H27NO. The molecule has 0 heterocycles. The molecule has 2 heteroatoms. The maximum atomic E-state index is 9.66. The van der Waals surface area contributed by atoms with E-state index < -0.39 is 0 Å². The molecule has 2 fully saturated rings. The van der Waals surface area contributed by atoms with Gasteiger partial charge in [0.25, 0.3) is 0 Å². The van der Waals surface area contributed by atoms with E-state index in [-0.39, 0.29) is 6.10 Å². The Morgan fingerprint density at radius 2 is 1.55 bits per heavy atom. The van der Waals surface area contributed by atoms with Crippen LogP contribution >= 0.6 is 0 Å². The Morgan fingerprint density at radius 1 is 0.900 bits per heavy atom. The van der Waals surface area contributed by atoms with Gasteiger partial charge in [-0.1, -0.05) is 43.2 Å². The average Bonchev–Trinajstić information content (AvgIpc) is 3.01. The largest absolute Gasteiger partial charge is 0.393 e. The average molecular weight is 273 g/mol. The van der Waals surface area contributed by atoms with Gasteiger partial charge in [0.15, 0.2) is 0 Å². The Hall–Kier alpha value is -0.860. The number of benzene rings is 1. The van der Waals surface area contributed by atoms with Crippen molar-refractivity contribution in [2.45, 2.75) is 69.6 Å². The fourth-order valence-electron chi connectivity index (χ4n) is 3.95. The van der Waals surface area contributed by atoms with Crippen LogP contribution in [0.4, 0.5) is 0 Å². The zero-order chi connectivity index (χ0) is 13.8. The second-order valence-electron chi connectivity index (χ2n) is 6.61. The van der Waals surface area contributed by atoms with Crippen molar-refractivity contribution in [3.8, 4) is 0 Å². The second-order valence-corrected chi connectivity index (χ2v) is 6.61. The van der Waals surface area contributed by atoms with Gasteiger partial charge in [0, 0.05) is 12.1 Å². The summed E-state index contributed by atoms with van der Waals surface area (Å²) in [6.07, 6.45) is 9.61. The highest BCUT2D eigenvalue weighted by Gasteiger charge is 2.29. The third-order valence-corrected chi connectivity index (χ3v) is 5.14. The van der Waals surface area contributed by atoms with E-state index >= 15 is 0 Å². The predicted molar refractivity (Wildman–Crippen MR) is 82.5 cm³/mol. The molecule has 20 heavy (non-hydrogen) atoms. The molecule has 3 rings (SSSR count). The first-order valence-corrected chi connectivity index (χ1v) is 8.32. The van der Waals surface area contributed by atoms with Crippen LogP contribution in [-0.2, 0) is 0 Å². The summed E-state index contributed by atoms with van der Waals surface area (Å²) in [5.74, 6) is 0.796. The van der Waals surface area contributed by atoms with E-state index in [1.54, 1.807) is 0 Å². The van der Waals surface area contributed by atoms with Crippen LogP contribution < -0.4 is 5.32 Å². The minimum atomic E-state index is -0.0605. The van der Waals surface area contributed by atoms with Crippen LogP contribution in [0, 0.1) is 5.92 Å². The quantitative estimate of drug-likeness (QED) is 0.874. The highest BCUT2D eigenvalue weighted by Crippen LogP contribution is 2.36. The van der Waals surface area contributed by atoms with Crippen LogP contribution in [0.25, 0.3) is 0 Å². The van der Waals surface area contributed by atoms with E-state index in [0.29, 0.717) is 12.1 Å². The molecule has 1 aromatic carbocycles. The molecule has 2 aliphatic carbocycles. The highest BCUT2D eigenvalue weighted by molar-refractivity contribution is 5.20. The topological polar surface area (TPSA) is 32.3 Å². The maximum Gasteiger partial charge on any atom is 0.0541 e. The molecular weight excluding hydrogens is 246 g/mol. The molecule has 1 unspecified atom stereocenters. The summed E-state index contributed by atoms with van der Waals surface area (Å²) in [5, 5.41) is 13.6. The van der Waals surface area contributed by atoms with Gasteiger partial charge in [-0.25, -0.2) is 0 Å². The number of aliphatic hydroxyl groups is 1. The van der Waals surface area contributed by atoms with E-state index in [1.165, 1.54) is 31.2 Å². The molecule has 0 radical (unpaired) electrons. The first-order chi connectivity index (χ1) is 9.83. The smallest absolute Gasteiger partial charge is 0.0541 e. The molecule has 0 spiro atoms. The van der Waals surface area contributed by atoms with Crippen LogP contribution in [0.3, 0.4) is 0 Å². The van der Waals surface area contributed by atoms with Crippen molar-refractivity contribution in [2.75, 3.05) is 0 Å². The third-order valence-electron chi connectivity index (χ3n) is 5.14. The zero-order valence-electron chi connectivity index (χ0n) is 12.3. The number of hydrogen-bond acceptors (Lipinski definition) is 2. The summed E-state index contributed by atoms with van der Waals surface area (Å²) in [6.45, 7) is 0. The summed E-state index contributed by atoms with van der Waals surface area (Å²) >= 11 is 0. The van der Waals surface area contributed by atoms with Gasteiger partial charge in [-0.05, 0) is 50.0 Å². The Kier molecular flexibility index (Phi) is 4.74. The van der Waals surface area contributed by atoms with Gasteiger partial charge >= 0.3 is 0 Å². The fraction of sp³-hybridized carbons (Fsp3) is 0.667. The molecule has 0 saturated heterocycles. The number of rotatable bonds is 4. The van der Waals surface area contributed by atoms with Gasteiger partial charge in [-0.2, -0.15) is 0 Å². The van der Waals surface area contributed by atoms with Crippen LogP contribution in [-0.4, -0.2) is 17.3 Å². The summed E-state index contributed by atoms with van der Waals surface area (Å²) in [7, 11) is 0. The zero-order valence-corrected chi connectivity index (χ0v) is 12.3. The van der Waals surface area contributed by atoms with Crippen LogP contribution in [0.1, 0.15) is 63.0 Å². The van der Waals surface area contributed by atoms with Gasteiger partial charge in [-0.15, -0.1) is 0 Å². The molecule has 2 N–H and O–H groups in total. The summed E-state index contributed by atoms with van der Waals surface area (Å²) < 4.78 is 0. The van der Waals surface area contributed by atoms with E-state index in [1.807, 2.05) is 0 Å². The lowest BCUT2D eigenvalue weighted by atomic mass is 9.87. The number of aliphatic hydroxyl groups excluding tert-OH is 1. The van der Waals surface area contributed by atoms with Crippen molar-refractivity contribution in [3.63, 3.8) is 0 Å². The summed E-state index contributed by atoms with van der Waals surface area (Å²) in [5.41, 5.74) is 1.45. The minimum Gasteiger partial charge on any atom is -0.393 e. The monoisotopic (exact) mass is 273 g/mol. The van der Waals surface area contributed by atoms with Gasteiger partial charge in [0.2, 0.25) is 0 Å². The van der Waals surface area contributed by atoms with E-state index in [4.69, 9.17) is 0 Å². The first kappa shape index (κ1) is 14.1. The van der Waals surface area contributed by atoms with Gasteiger partial charge in [-0.3, -0.25) is 0 Å². The molecule has 2 aliphatic rings. The predicted octanol–water partition coefficient (Wildman–Crippen LogP) is 3.81. The van der Waals surface area contributed by atoms with E-state index in [9.17, 15) is 5.11 Å². The Labute approximate surface area is 122 Å². The van der Waals surface area contributed by atoms with Crippen molar-refractivity contribution in [2.24, 2.45) is 5.92 Å². The summed E-state index contributed by atoms with van der Waals surface area (Å²) in [4.78, 5) is 0. The lowest BCUT2D eigenvalue weighted by Gasteiger charge is -2.33. The lowest BCUT2D eigenvalue weighted by molar-refractivity contribution is 0.111. The van der Waals surface area contributed by atoms with Crippen molar-refractivity contribution in [1.82, 2.24) is 5.32 Å². The molecule has 1 aromatic rings. The maximum absolute atomic E-state index is 9.66. The molecule has 2 saturated carbocycles. The third kappa shape index (κ3) is 3.42. The molecule has 2 nitrogen and oxygen atoms in total. The Morgan fingerprint density at radius 3 is 2.20 bits per heavy atom. The Balaban J connectivity index is 1.69. The standard InChI is InChI=1S/C18H27NO/c20-17-12-10-16(11-13-17)19-18(15-8-4-5-9-15)14-6-2-1-3-7-14/h1-3,6-7,15-20H,4-5,8-13H2. The lowest BCUT2D eigenvalue weighted by Crippen LogP contribution is -2.39. The number of nitrogens with one attached hydrogen (secondary N) is 1. The van der Waals surface area contributed by atoms with Gasteiger partial charge in [0.1, 0.15) is 0 Å². The SMILES string of the molecule is OC1CCC(NC(c2ccccc2)C2CCCC2)CC1. The van der Waals surface area contributed by atoms with Crippen molar-refractivity contribution < 1.29 is 5.11 Å². The molecule has 0 amide bonds. The Bertz CT molecular complexity index is 391. The first-order valence-electron chi connectivity index (χ1n) is 8.32. The minimum absolute atomic E-state index is 0.0605. The van der Waals surface area contributed by atoms with E-state index in [0.717, 1.165) is 31.6 Å². The van der Waals surface area contributed by atoms with Crippen LogP contribution in [0.2, 0.25) is 0 Å². The summed E-state index contributed by atoms with van der Waals surface area (Å²) in [6, 6.07) is 12.1. The van der Waals surface area contributed by atoms with Gasteiger partial charge in [0.05, 0.1) is 6.10 Å². The fourth-order valence-corrected chi connectivity index (χ4v) is 3.95. The molecule has 0 aromatic heterocycles.